The quantitative estimate of drug-likeness (QED) is 0.528. The molecule has 4 nitrogen and oxygen atoms in total. The van der Waals surface area contributed by atoms with Crippen LogP contribution in [0, 0.1) is 5.92 Å². The van der Waals surface area contributed by atoms with Crippen LogP contribution in [-0.2, 0) is 9.53 Å². The van der Waals surface area contributed by atoms with E-state index in [-0.39, 0.29) is 12.5 Å². The summed E-state index contributed by atoms with van der Waals surface area (Å²) in [4.78, 5) is 11.0. The van der Waals surface area contributed by atoms with Crippen molar-refractivity contribution in [3.05, 3.63) is 12.2 Å². The number of esters is 1. The Morgan fingerprint density at radius 2 is 2.07 bits per heavy atom. The lowest BCUT2D eigenvalue weighted by Crippen LogP contribution is -2.40. The van der Waals surface area contributed by atoms with E-state index >= 15 is 0 Å². The molecule has 2 atom stereocenters. The van der Waals surface area contributed by atoms with E-state index in [2.05, 4.69) is 4.74 Å². The van der Waals surface area contributed by atoms with Gasteiger partial charge in [-0.05, 0) is 25.8 Å². The summed E-state index contributed by atoms with van der Waals surface area (Å²) in [6.45, 7) is 7.02. The van der Waals surface area contributed by atoms with Crippen molar-refractivity contribution in [3.63, 3.8) is 0 Å². The SMILES string of the molecule is CCOC(=O)/C=C/[C@](C)(O)[C@@H](O)C(C)C. The van der Waals surface area contributed by atoms with Crippen LogP contribution >= 0.6 is 0 Å². The first-order valence-corrected chi connectivity index (χ1v) is 5.07. The number of aliphatic hydroxyl groups is 2. The van der Waals surface area contributed by atoms with Crippen molar-refractivity contribution in [2.24, 2.45) is 5.92 Å². The Morgan fingerprint density at radius 1 is 1.53 bits per heavy atom. The van der Waals surface area contributed by atoms with E-state index in [1.54, 1.807) is 20.8 Å². The number of carbonyl (C=O) groups excluding carboxylic acids is 1. The standard InChI is InChI=1S/C11H20O4/c1-5-15-9(12)6-7-11(4,14)10(13)8(2)3/h6-8,10,13-14H,5H2,1-4H3/b7-6+/t10-,11-/m0/s1. The number of hydrogen-bond acceptors (Lipinski definition) is 4. The molecule has 0 bridgehead atoms. The van der Waals surface area contributed by atoms with Crippen LogP contribution in [0.25, 0.3) is 0 Å². The summed E-state index contributed by atoms with van der Waals surface area (Å²) in [5.74, 6) is -0.611. The van der Waals surface area contributed by atoms with Gasteiger partial charge in [0.15, 0.2) is 0 Å². The van der Waals surface area contributed by atoms with Crippen LogP contribution in [0.4, 0.5) is 0 Å². The number of carbonyl (C=O) groups is 1. The number of rotatable bonds is 5. The topological polar surface area (TPSA) is 66.8 Å². The summed E-state index contributed by atoms with van der Waals surface area (Å²) >= 11 is 0. The van der Waals surface area contributed by atoms with E-state index in [0.29, 0.717) is 0 Å². The molecule has 0 fully saturated rings. The van der Waals surface area contributed by atoms with Crippen molar-refractivity contribution in [2.75, 3.05) is 6.61 Å². The number of ether oxygens (including phenoxy) is 1. The molecule has 0 aromatic carbocycles. The predicted octanol–water partition coefficient (Wildman–Crippen LogP) is 0.874. The molecule has 0 aromatic rings. The van der Waals surface area contributed by atoms with Crippen LogP contribution in [0.5, 0.6) is 0 Å². The normalized spacial score (nSPS) is 17.8. The summed E-state index contributed by atoms with van der Waals surface area (Å²) in [6.07, 6.45) is 1.48. The molecule has 0 radical (unpaired) electrons. The molecule has 4 heteroatoms. The van der Waals surface area contributed by atoms with Gasteiger partial charge in [0.1, 0.15) is 5.60 Å². The molecule has 0 aliphatic heterocycles. The lowest BCUT2D eigenvalue weighted by molar-refractivity contribution is -0.137. The third-order valence-electron chi connectivity index (χ3n) is 2.07. The average Bonchev–Trinajstić information content (AvgIpc) is 2.14. The van der Waals surface area contributed by atoms with Gasteiger partial charge in [-0.1, -0.05) is 13.8 Å². The third kappa shape index (κ3) is 4.95. The Morgan fingerprint density at radius 3 is 2.47 bits per heavy atom. The fourth-order valence-electron chi connectivity index (χ4n) is 1.20. The average molecular weight is 216 g/mol. The molecule has 0 unspecified atom stereocenters. The maximum atomic E-state index is 11.0. The molecule has 0 saturated carbocycles. The van der Waals surface area contributed by atoms with Gasteiger partial charge in [0.25, 0.3) is 0 Å². The van der Waals surface area contributed by atoms with Crippen LogP contribution in [0.15, 0.2) is 12.2 Å². The summed E-state index contributed by atoms with van der Waals surface area (Å²) in [5, 5.41) is 19.5. The molecule has 15 heavy (non-hydrogen) atoms. The fourth-order valence-corrected chi connectivity index (χ4v) is 1.20. The maximum Gasteiger partial charge on any atom is 0.330 e. The minimum absolute atomic E-state index is 0.0909. The molecule has 0 aliphatic carbocycles. The summed E-state index contributed by atoms with van der Waals surface area (Å²) < 4.78 is 4.66. The minimum atomic E-state index is -1.42. The van der Waals surface area contributed by atoms with Gasteiger partial charge in [0, 0.05) is 6.08 Å². The van der Waals surface area contributed by atoms with E-state index in [0.717, 1.165) is 6.08 Å². The molecule has 0 rings (SSSR count). The summed E-state index contributed by atoms with van der Waals surface area (Å²) in [6, 6.07) is 0. The van der Waals surface area contributed by atoms with Crippen molar-refractivity contribution in [3.8, 4) is 0 Å². The van der Waals surface area contributed by atoms with Gasteiger partial charge < -0.3 is 14.9 Å². The van der Waals surface area contributed by atoms with Crippen molar-refractivity contribution >= 4 is 5.97 Å². The monoisotopic (exact) mass is 216 g/mol. The predicted molar refractivity (Wildman–Crippen MR) is 57.2 cm³/mol. The molecule has 2 N–H and O–H groups in total. The van der Waals surface area contributed by atoms with Crippen molar-refractivity contribution in [1.82, 2.24) is 0 Å². The van der Waals surface area contributed by atoms with Crippen molar-refractivity contribution in [2.45, 2.75) is 39.4 Å². The van der Waals surface area contributed by atoms with E-state index in [1.807, 2.05) is 0 Å². The van der Waals surface area contributed by atoms with E-state index in [9.17, 15) is 15.0 Å². The maximum absolute atomic E-state index is 11.0. The van der Waals surface area contributed by atoms with E-state index in [4.69, 9.17) is 0 Å². The van der Waals surface area contributed by atoms with Crippen LogP contribution < -0.4 is 0 Å². The van der Waals surface area contributed by atoms with E-state index < -0.39 is 17.7 Å². The van der Waals surface area contributed by atoms with Gasteiger partial charge in [-0.15, -0.1) is 0 Å². The first kappa shape index (κ1) is 14.1. The van der Waals surface area contributed by atoms with Gasteiger partial charge in [0.05, 0.1) is 12.7 Å². The highest BCUT2D eigenvalue weighted by Crippen LogP contribution is 2.18. The molecule has 0 amide bonds. The Hall–Kier alpha value is -0.870. The molecule has 0 aliphatic rings. The molecule has 0 aromatic heterocycles. The lowest BCUT2D eigenvalue weighted by Gasteiger charge is -2.28. The minimum Gasteiger partial charge on any atom is -0.463 e. The molecule has 88 valence electrons. The van der Waals surface area contributed by atoms with Crippen LogP contribution in [0.3, 0.4) is 0 Å². The smallest absolute Gasteiger partial charge is 0.330 e. The van der Waals surface area contributed by atoms with E-state index in [1.165, 1.54) is 13.0 Å². The number of aliphatic hydroxyl groups excluding tert-OH is 1. The number of hydrogen-bond donors (Lipinski definition) is 2. The summed E-state index contributed by atoms with van der Waals surface area (Å²) in [7, 11) is 0. The van der Waals surface area contributed by atoms with Gasteiger partial charge in [0.2, 0.25) is 0 Å². The second-order valence-corrected chi connectivity index (χ2v) is 4.00. The largest absolute Gasteiger partial charge is 0.463 e. The zero-order valence-electron chi connectivity index (χ0n) is 9.73. The Labute approximate surface area is 90.6 Å². The molecular formula is C11H20O4. The Balaban J connectivity index is 4.42. The molecule has 0 saturated heterocycles. The zero-order chi connectivity index (χ0) is 12.1. The second-order valence-electron chi connectivity index (χ2n) is 4.00. The van der Waals surface area contributed by atoms with Crippen LogP contribution in [0.2, 0.25) is 0 Å². The van der Waals surface area contributed by atoms with Gasteiger partial charge in [-0.25, -0.2) is 4.79 Å². The summed E-state index contributed by atoms with van der Waals surface area (Å²) in [5.41, 5.74) is -1.42. The molecule has 0 heterocycles. The van der Waals surface area contributed by atoms with Crippen LogP contribution in [-0.4, -0.2) is 34.5 Å². The third-order valence-corrected chi connectivity index (χ3v) is 2.07. The Kier molecular flexibility index (Phi) is 5.54. The van der Waals surface area contributed by atoms with Gasteiger partial charge in [-0.3, -0.25) is 0 Å². The van der Waals surface area contributed by atoms with Crippen molar-refractivity contribution < 1.29 is 19.7 Å². The fraction of sp³-hybridized carbons (Fsp3) is 0.727. The first-order chi connectivity index (χ1) is 6.81. The second kappa shape index (κ2) is 5.88. The highest BCUT2D eigenvalue weighted by molar-refractivity contribution is 5.82. The zero-order valence-corrected chi connectivity index (χ0v) is 9.73. The molecule has 0 spiro atoms. The highest BCUT2D eigenvalue weighted by atomic mass is 16.5. The first-order valence-electron chi connectivity index (χ1n) is 5.07. The lowest BCUT2D eigenvalue weighted by atomic mass is 9.90. The van der Waals surface area contributed by atoms with Crippen LogP contribution in [0.1, 0.15) is 27.7 Å². The van der Waals surface area contributed by atoms with Crippen molar-refractivity contribution in [1.29, 1.82) is 0 Å². The van der Waals surface area contributed by atoms with Gasteiger partial charge in [-0.2, -0.15) is 0 Å². The Bertz CT molecular complexity index is 231. The highest BCUT2D eigenvalue weighted by Gasteiger charge is 2.29. The van der Waals surface area contributed by atoms with Gasteiger partial charge >= 0.3 is 5.97 Å². The molecular weight excluding hydrogens is 196 g/mol.